The van der Waals surface area contributed by atoms with Crippen molar-refractivity contribution in [3.8, 4) is 0 Å². The fourth-order valence-corrected chi connectivity index (χ4v) is 3.47. The molecule has 136 valence electrons. The van der Waals surface area contributed by atoms with E-state index in [0.717, 1.165) is 15.6 Å². The number of halogens is 1. The van der Waals surface area contributed by atoms with Gasteiger partial charge in [-0.05, 0) is 29.3 Å². The van der Waals surface area contributed by atoms with Crippen LogP contribution in [0.2, 0.25) is 0 Å². The number of benzene rings is 3. The zero-order valence-corrected chi connectivity index (χ0v) is 16.1. The van der Waals surface area contributed by atoms with E-state index in [1.54, 1.807) is 18.2 Å². The van der Waals surface area contributed by atoms with E-state index in [4.69, 9.17) is 5.73 Å². The summed E-state index contributed by atoms with van der Waals surface area (Å²) < 4.78 is 0.786. The van der Waals surface area contributed by atoms with E-state index >= 15 is 0 Å². The summed E-state index contributed by atoms with van der Waals surface area (Å²) in [5.41, 5.74) is 7.97. The number of hydrogen-bond donors (Lipinski definition) is 2. The summed E-state index contributed by atoms with van der Waals surface area (Å²) in [6.07, 6.45) is 0. The molecule has 0 saturated heterocycles. The molecule has 0 aliphatic rings. The average Bonchev–Trinajstić information content (AvgIpc) is 2.69. The Labute approximate surface area is 166 Å². The van der Waals surface area contributed by atoms with Crippen molar-refractivity contribution in [1.82, 2.24) is 5.32 Å². The molecule has 0 aliphatic carbocycles. The summed E-state index contributed by atoms with van der Waals surface area (Å²) in [6.45, 7) is 0. The molecule has 0 saturated carbocycles. The van der Waals surface area contributed by atoms with Crippen LogP contribution in [0.1, 0.15) is 27.4 Å². The van der Waals surface area contributed by atoms with Crippen molar-refractivity contribution in [3.05, 3.63) is 106 Å². The second-order valence-electron chi connectivity index (χ2n) is 6.16. The van der Waals surface area contributed by atoms with Gasteiger partial charge in [-0.15, -0.1) is 0 Å². The minimum atomic E-state index is -0.888. The maximum atomic E-state index is 12.7. The molecule has 5 heteroatoms. The summed E-state index contributed by atoms with van der Waals surface area (Å²) in [7, 11) is 0. The molecule has 27 heavy (non-hydrogen) atoms. The predicted octanol–water partition coefficient (Wildman–Crippen LogP) is 3.86. The molecule has 0 fully saturated rings. The first-order valence-corrected chi connectivity index (χ1v) is 9.31. The molecule has 2 amide bonds. The van der Waals surface area contributed by atoms with Gasteiger partial charge in [0.15, 0.2) is 0 Å². The van der Waals surface area contributed by atoms with Crippen molar-refractivity contribution in [3.63, 3.8) is 0 Å². The lowest BCUT2D eigenvalue weighted by Crippen LogP contribution is -2.48. The highest BCUT2D eigenvalue weighted by molar-refractivity contribution is 9.10. The standard InChI is InChI=1S/C22H19BrN2O2/c23-18-13-7-12-17(14-18)22(27)25-20(21(24)26)19(15-8-3-1-4-9-15)16-10-5-2-6-11-16/h1-14,19-20H,(H2,24,26)(H,25,27)/t20-/m0/s1. The van der Waals surface area contributed by atoms with Gasteiger partial charge in [0, 0.05) is 16.0 Å². The van der Waals surface area contributed by atoms with Crippen LogP contribution >= 0.6 is 15.9 Å². The van der Waals surface area contributed by atoms with Gasteiger partial charge < -0.3 is 11.1 Å². The SMILES string of the molecule is NC(=O)[C@@H](NC(=O)c1cccc(Br)c1)C(c1ccccc1)c1ccccc1. The van der Waals surface area contributed by atoms with Gasteiger partial charge in [-0.1, -0.05) is 82.7 Å². The number of nitrogens with two attached hydrogens (primary N) is 1. The molecule has 0 bridgehead atoms. The number of nitrogens with one attached hydrogen (secondary N) is 1. The van der Waals surface area contributed by atoms with E-state index in [-0.39, 0.29) is 11.8 Å². The summed E-state index contributed by atoms with van der Waals surface area (Å²) in [5, 5.41) is 2.82. The zero-order valence-electron chi connectivity index (χ0n) is 14.5. The minimum absolute atomic E-state index is 0.350. The van der Waals surface area contributed by atoms with Crippen LogP contribution in [0.4, 0.5) is 0 Å². The fourth-order valence-electron chi connectivity index (χ4n) is 3.07. The van der Waals surface area contributed by atoms with Gasteiger partial charge in [-0.3, -0.25) is 9.59 Å². The van der Waals surface area contributed by atoms with E-state index in [1.165, 1.54) is 0 Å². The first-order chi connectivity index (χ1) is 13.1. The Balaban J connectivity index is 1.99. The molecule has 3 aromatic rings. The zero-order chi connectivity index (χ0) is 19.2. The fraction of sp³-hybridized carbons (Fsp3) is 0.0909. The first kappa shape index (κ1) is 18.9. The van der Waals surface area contributed by atoms with Gasteiger partial charge in [-0.2, -0.15) is 0 Å². The molecule has 3 aromatic carbocycles. The predicted molar refractivity (Wildman–Crippen MR) is 109 cm³/mol. The Morgan fingerprint density at radius 1 is 0.815 bits per heavy atom. The normalized spacial score (nSPS) is 11.8. The van der Waals surface area contributed by atoms with E-state index in [0.29, 0.717) is 5.56 Å². The molecule has 0 unspecified atom stereocenters. The molecule has 0 aliphatic heterocycles. The number of carbonyl (C=O) groups is 2. The highest BCUT2D eigenvalue weighted by atomic mass is 79.9. The number of primary amides is 1. The molecule has 4 nitrogen and oxygen atoms in total. The molecule has 3 N–H and O–H groups in total. The topological polar surface area (TPSA) is 72.2 Å². The molecule has 1 atom stereocenters. The van der Waals surface area contributed by atoms with Crippen LogP contribution < -0.4 is 11.1 Å². The van der Waals surface area contributed by atoms with Crippen LogP contribution in [0, 0.1) is 0 Å². The Kier molecular flexibility index (Phi) is 6.04. The van der Waals surface area contributed by atoms with Crippen LogP contribution in [0.25, 0.3) is 0 Å². The Bertz CT molecular complexity index is 890. The smallest absolute Gasteiger partial charge is 0.251 e. The second-order valence-corrected chi connectivity index (χ2v) is 7.08. The number of hydrogen-bond acceptors (Lipinski definition) is 2. The maximum Gasteiger partial charge on any atom is 0.251 e. The van der Waals surface area contributed by atoms with Gasteiger partial charge in [-0.25, -0.2) is 0 Å². The third-order valence-corrected chi connectivity index (χ3v) is 4.82. The second kappa shape index (κ2) is 8.64. The molecular formula is C22H19BrN2O2. The lowest BCUT2D eigenvalue weighted by atomic mass is 9.84. The first-order valence-electron chi connectivity index (χ1n) is 8.52. The Morgan fingerprint density at radius 2 is 1.37 bits per heavy atom. The van der Waals surface area contributed by atoms with Crippen molar-refractivity contribution in [1.29, 1.82) is 0 Å². The average molecular weight is 423 g/mol. The van der Waals surface area contributed by atoms with Crippen molar-refractivity contribution in [2.75, 3.05) is 0 Å². The van der Waals surface area contributed by atoms with Crippen LogP contribution in [0.5, 0.6) is 0 Å². The summed E-state index contributed by atoms with van der Waals surface area (Å²) >= 11 is 3.36. The summed E-state index contributed by atoms with van der Waals surface area (Å²) in [6, 6.07) is 25.2. The summed E-state index contributed by atoms with van der Waals surface area (Å²) in [4.78, 5) is 25.1. The molecule has 0 aromatic heterocycles. The highest BCUT2D eigenvalue weighted by Gasteiger charge is 2.31. The van der Waals surface area contributed by atoms with Gasteiger partial charge in [0.2, 0.25) is 5.91 Å². The lowest BCUT2D eigenvalue weighted by molar-refractivity contribution is -0.120. The molecule has 3 rings (SSSR count). The molecular weight excluding hydrogens is 404 g/mol. The quantitative estimate of drug-likeness (QED) is 0.632. The number of carbonyl (C=O) groups excluding carboxylic acids is 2. The van der Waals surface area contributed by atoms with Crippen molar-refractivity contribution in [2.45, 2.75) is 12.0 Å². The third-order valence-electron chi connectivity index (χ3n) is 4.33. The largest absolute Gasteiger partial charge is 0.368 e. The van der Waals surface area contributed by atoms with Crippen LogP contribution in [-0.2, 0) is 4.79 Å². The van der Waals surface area contributed by atoms with E-state index in [2.05, 4.69) is 21.2 Å². The third kappa shape index (κ3) is 4.63. The lowest BCUT2D eigenvalue weighted by Gasteiger charge is -2.27. The molecule has 0 spiro atoms. The minimum Gasteiger partial charge on any atom is -0.368 e. The monoisotopic (exact) mass is 422 g/mol. The van der Waals surface area contributed by atoms with Gasteiger partial charge in [0.05, 0.1) is 0 Å². The number of amides is 2. The maximum absolute atomic E-state index is 12.7. The Hall–Kier alpha value is -2.92. The van der Waals surface area contributed by atoms with E-state index in [1.807, 2.05) is 66.7 Å². The van der Waals surface area contributed by atoms with E-state index in [9.17, 15) is 9.59 Å². The van der Waals surface area contributed by atoms with Crippen molar-refractivity contribution in [2.24, 2.45) is 5.73 Å². The highest BCUT2D eigenvalue weighted by Crippen LogP contribution is 2.28. The van der Waals surface area contributed by atoms with Crippen LogP contribution in [0.3, 0.4) is 0 Å². The molecule has 0 heterocycles. The van der Waals surface area contributed by atoms with Crippen molar-refractivity contribution >= 4 is 27.7 Å². The van der Waals surface area contributed by atoms with Crippen LogP contribution in [-0.4, -0.2) is 17.9 Å². The van der Waals surface area contributed by atoms with Gasteiger partial charge in [0.1, 0.15) is 6.04 Å². The van der Waals surface area contributed by atoms with E-state index < -0.39 is 11.9 Å². The Morgan fingerprint density at radius 3 is 1.85 bits per heavy atom. The molecule has 0 radical (unpaired) electrons. The van der Waals surface area contributed by atoms with Crippen LogP contribution in [0.15, 0.2) is 89.4 Å². The number of rotatable bonds is 6. The van der Waals surface area contributed by atoms with Crippen molar-refractivity contribution < 1.29 is 9.59 Å². The summed E-state index contributed by atoms with van der Waals surface area (Å²) in [5.74, 6) is -1.32. The van der Waals surface area contributed by atoms with Gasteiger partial charge >= 0.3 is 0 Å². The van der Waals surface area contributed by atoms with Gasteiger partial charge in [0.25, 0.3) is 5.91 Å².